The largest absolute Gasteiger partial charge is 0.542 e. The second-order valence-electron chi connectivity index (χ2n) is 16.2. The predicted molar refractivity (Wildman–Crippen MR) is 251 cm³/mol. The molecule has 60 heavy (non-hydrogen) atoms. The molecule has 0 aliphatic rings. The average Bonchev–Trinajstić information content (AvgIpc) is 3.57. The summed E-state index contributed by atoms with van der Waals surface area (Å²) in [6, 6.07) is 21.0. The van der Waals surface area contributed by atoms with Crippen LogP contribution in [-0.2, 0) is 21.6 Å². The summed E-state index contributed by atoms with van der Waals surface area (Å²) in [6.07, 6.45) is 2.01. The van der Waals surface area contributed by atoms with Crippen LogP contribution >= 0.6 is 45.5 Å². The number of para-hydroxylation sites is 2. The van der Waals surface area contributed by atoms with Gasteiger partial charge < -0.3 is 23.4 Å². The maximum Gasteiger partial charge on any atom is 0.348 e. The summed E-state index contributed by atoms with van der Waals surface area (Å²) in [5.74, 6) is 2.14. The Morgan fingerprint density at radius 3 is 2.18 bits per heavy atom. The van der Waals surface area contributed by atoms with Crippen LogP contribution in [0.15, 0.2) is 79.3 Å². The minimum Gasteiger partial charge on any atom is -0.542 e. The van der Waals surface area contributed by atoms with E-state index in [1.54, 1.807) is 19.4 Å². The fourth-order valence-electron chi connectivity index (χ4n) is 8.33. The van der Waals surface area contributed by atoms with Crippen LogP contribution in [-0.4, -0.2) is 54.5 Å². The lowest BCUT2D eigenvalue weighted by atomic mass is 9.78. The summed E-state index contributed by atoms with van der Waals surface area (Å²) >= 11 is 11.1. The van der Waals surface area contributed by atoms with Gasteiger partial charge in [-0.3, -0.25) is 0 Å². The van der Waals surface area contributed by atoms with Crippen molar-refractivity contribution in [2.75, 3.05) is 14.2 Å². The minimum absolute atomic E-state index is 0.145. The standard InChI is InChI=1S/C46H52ClIN4O6SSi/c1-26(2)60(27(3)4,28(5)6)58-36-21-20-31(29(7)39(36)47)37-38-43(50-25-51-44(38)59-41(37)48)57-40(45(53)55-11)46(8,9)33-17-13-15-19-35(33)56-24-30-22-23-49-42(52-30)32-16-12-14-18-34(32)54-10/h12-23,25-28,40H,24H2,1-11H3/t40-/m0/s1. The Labute approximate surface area is 376 Å². The van der Waals surface area contributed by atoms with Crippen LogP contribution in [0, 0.1) is 9.81 Å². The molecule has 0 aliphatic heterocycles. The number of fused-ring (bicyclic) bond motifs is 1. The van der Waals surface area contributed by atoms with Crippen molar-refractivity contribution in [3.63, 3.8) is 0 Å². The highest BCUT2D eigenvalue weighted by atomic mass is 127. The Morgan fingerprint density at radius 1 is 0.850 bits per heavy atom. The normalized spacial score (nSPS) is 12.6. The number of aromatic nitrogens is 4. The zero-order valence-corrected chi connectivity index (χ0v) is 40.7. The second-order valence-corrected chi connectivity index (χ2v) is 24.7. The number of carbonyl (C=O) groups is 1. The lowest BCUT2D eigenvalue weighted by Gasteiger charge is -2.42. The van der Waals surface area contributed by atoms with Crippen molar-refractivity contribution >= 4 is 70.0 Å². The third-order valence-corrected chi connectivity index (χ3v) is 19.9. The molecule has 0 radical (unpaired) electrons. The minimum atomic E-state index is -2.28. The molecular weight excluding hydrogens is 927 g/mol. The van der Waals surface area contributed by atoms with Crippen LogP contribution in [0.25, 0.3) is 32.7 Å². The third kappa shape index (κ3) is 8.73. The third-order valence-electron chi connectivity index (χ3n) is 11.3. The molecule has 6 aromatic rings. The van der Waals surface area contributed by atoms with Gasteiger partial charge in [0.1, 0.15) is 35.0 Å². The second kappa shape index (κ2) is 18.8. The zero-order valence-electron chi connectivity index (χ0n) is 35.9. The van der Waals surface area contributed by atoms with Gasteiger partial charge in [-0.25, -0.2) is 24.7 Å². The number of nitrogens with zero attached hydrogens (tertiary/aromatic N) is 4. The van der Waals surface area contributed by atoms with Crippen LogP contribution < -0.4 is 18.6 Å². The average molecular weight is 979 g/mol. The number of thiophene rings is 1. The molecule has 0 bridgehead atoms. The van der Waals surface area contributed by atoms with Crippen molar-refractivity contribution in [2.24, 2.45) is 0 Å². The van der Waals surface area contributed by atoms with Gasteiger partial charge in [-0.1, -0.05) is 103 Å². The molecule has 0 saturated heterocycles. The molecule has 0 amide bonds. The molecule has 3 aromatic carbocycles. The maximum absolute atomic E-state index is 13.9. The first-order valence-electron chi connectivity index (χ1n) is 19.9. The summed E-state index contributed by atoms with van der Waals surface area (Å²) in [7, 11) is 0.689. The predicted octanol–water partition coefficient (Wildman–Crippen LogP) is 12.4. The van der Waals surface area contributed by atoms with E-state index in [9.17, 15) is 4.79 Å². The quantitative estimate of drug-likeness (QED) is 0.0527. The van der Waals surface area contributed by atoms with Crippen molar-refractivity contribution in [3.05, 3.63) is 104 Å². The van der Waals surface area contributed by atoms with Crippen molar-refractivity contribution in [3.8, 4) is 45.6 Å². The van der Waals surface area contributed by atoms with E-state index >= 15 is 0 Å². The summed E-state index contributed by atoms with van der Waals surface area (Å²) in [5, 5.41) is 1.25. The molecule has 0 aliphatic carbocycles. The number of methoxy groups -OCH3 is 2. The number of benzene rings is 3. The fraction of sp³-hybridized carbons (Fsp3) is 0.370. The van der Waals surface area contributed by atoms with Gasteiger partial charge in [-0.2, -0.15) is 0 Å². The highest BCUT2D eigenvalue weighted by molar-refractivity contribution is 14.1. The maximum atomic E-state index is 13.9. The molecule has 316 valence electrons. The van der Waals surface area contributed by atoms with Crippen LogP contribution in [0.4, 0.5) is 0 Å². The van der Waals surface area contributed by atoms with E-state index < -0.39 is 25.8 Å². The van der Waals surface area contributed by atoms with Crippen molar-refractivity contribution < 1.29 is 28.2 Å². The number of carbonyl (C=O) groups excluding carboxylic acids is 1. The molecule has 3 heterocycles. The first-order valence-corrected chi connectivity index (χ1v) is 24.3. The van der Waals surface area contributed by atoms with E-state index in [1.807, 2.05) is 75.4 Å². The number of esters is 1. The fourth-order valence-corrected chi connectivity index (χ4v) is 15.9. The van der Waals surface area contributed by atoms with E-state index in [4.69, 9.17) is 40.0 Å². The summed E-state index contributed by atoms with van der Waals surface area (Å²) in [4.78, 5) is 33.1. The van der Waals surface area contributed by atoms with Crippen LogP contribution in [0.1, 0.15) is 72.2 Å². The molecule has 10 nitrogen and oxygen atoms in total. The van der Waals surface area contributed by atoms with Gasteiger partial charge in [0, 0.05) is 22.7 Å². The topological polar surface area (TPSA) is 115 Å². The molecule has 3 aromatic heterocycles. The van der Waals surface area contributed by atoms with Crippen LogP contribution in [0.3, 0.4) is 0 Å². The van der Waals surface area contributed by atoms with Crippen LogP contribution in [0.5, 0.6) is 23.1 Å². The number of ether oxygens (including phenoxy) is 4. The molecule has 0 fully saturated rings. The smallest absolute Gasteiger partial charge is 0.348 e. The van der Waals surface area contributed by atoms with E-state index in [1.165, 1.54) is 24.8 Å². The molecule has 0 N–H and O–H groups in total. The monoisotopic (exact) mass is 978 g/mol. The van der Waals surface area contributed by atoms with Gasteiger partial charge >= 0.3 is 5.97 Å². The lowest BCUT2D eigenvalue weighted by Crippen LogP contribution is -2.50. The highest BCUT2D eigenvalue weighted by Crippen LogP contribution is 2.49. The van der Waals surface area contributed by atoms with Gasteiger partial charge in [0.25, 0.3) is 8.32 Å². The number of halogens is 2. The highest BCUT2D eigenvalue weighted by Gasteiger charge is 2.47. The van der Waals surface area contributed by atoms with E-state index in [-0.39, 0.29) is 12.5 Å². The molecule has 0 spiro atoms. The Bertz CT molecular complexity index is 2470. The van der Waals surface area contributed by atoms with Gasteiger partial charge in [0.05, 0.1) is 38.8 Å². The molecule has 14 heteroatoms. The van der Waals surface area contributed by atoms with Gasteiger partial charge in [-0.15, -0.1) is 11.3 Å². The van der Waals surface area contributed by atoms with Crippen LogP contribution in [0.2, 0.25) is 21.6 Å². The molecular formula is C46H52ClIN4O6SSi. The van der Waals surface area contributed by atoms with Crippen molar-refractivity contribution in [1.29, 1.82) is 0 Å². The lowest BCUT2D eigenvalue weighted by molar-refractivity contribution is -0.152. The van der Waals surface area contributed by atoms with Gasteiger partial charge in [0.2, 0.25) is 12.0 Å². The Balaban J connectivity index is 1.35. The summed E-state index contributed by atoms with van der Waals surface area (Å²) < 4.78 is 32.2. The molecule has 0 unspecified atom stereocenters. The van der Waals surface area contributed by atoms with Crippen molar-refractivity contribution in [1.82, 2.24) is 19.9 Å². The Morgan fingerprint density at radius 2 is 1.52 bits per heavy atom. The SMILES string of the molecule is COC(=O)[C@H](Oc1ncnc2sc(I)c(-c3ccc(O[Si](C(C)C)(C(C)C)C(C)C)c(Cl)c3C)c12)C(C)(C)c1ccccc1OCc1ccnc(-c2ccccc2OC)n1. The first kappa shape index (κ1) is 45.2. The Hall–Kier alpha value is -4.31. The number of hydrogen-bond acceptors (Lipinski definition) is 11. The summed E-state index contributed by atoms with van der Waals surface area (Å²) in [5.41, 5.74) is 4.98. The van der Waals surface area contributed by atoms with Gasteiger partial charge in [0.15, 0.2) is 5.82 Å². The molecule has 0 saturated carbocycles. The number of hydrogen-bond donors (Lipinski definition) is 0. The molecule has 1 atom stereocenters. The summed E-state index contributed by atoms with van der Waals surface area (Å²) in [6.45, 7) is 19.6. The first-order chi connectivity index (χ1) is 28.6. The Kier molecular flexibility index (Phi) is 14.1. The van der Waals surface area contributed by atoms with E-state index in [0.717, 1.165) is 30.7 Å². The zero-order chi connectivity index (χ0) is 43.5. The van der Waals surface area contributed by atoms with E-state index in [2.05, 4.69) is 85.2 Å². The van der Waals surface area contributed by atoms with E-state index in [0.29, 0.717) is 60.6 Å². The van der Waals surface area contributed by atoms with Crippen molar-refractivity contribution in [2.45, 2.75) is 97.1 Å². The van der Waals surface area contributed by atoms with Gasteiger partial charge in [-0.05, 0) is 87.6 Å². The molecule has 6 rings (SSSR count). The number of rotatable bonds is 16.